The topological polar surface area (TPSA) is 158 Å². The average molecular weight is 549 g/mol. The quantitative estimate of drug-likeness (QED) is 0.135. The van der Waals surface area contributed by atoms with Crippen molar-refractivity contribution in [3.05, 3.63) is 45.3 Å². The molecule has 12 heteroatoms. The molecule has 0 saturated heterocycles. The van der Waals surface area contributed by atoms with Gasteiger partial charge in [-0.05, 0) is 39.5 Å². The number of hydrogen-bond acceptors (Lipinski definition) is 12. The minimum atomic E-state index is -0.981. The molecule has 212 valence electrons. The summed E-state index contributed by atoms with van der Waals surface area (Å²) in [5.74, 6) is -6.23. The lowest BCUT2D eigenvalue weighted by Crippen LogP contribution is -2.31. The van der Waals surface area contributed by atoms with Gasteiger partial charge in [-0.15, -0.1) is 0 Å². The second-order valence-corrected chi connectivity index (χ2v) is 8.16. The second-order valence-electron chi connectivity index (χ2n) is 8.16. The Morgan fingerprint density at radius 1 is 0.513 bits per heavy atom. The van der Waals surface area contributed by atoms with Crippen LogP contribution in [0.25, 0.3) is 0 Å². The molecule has 0 spiro atoms. The van der Waals surface area contributed by atoms with Crippen molar-refractivity contribution in [2.45, 2.75) is 46.0 Å². The van der Waals surface area contributed by atoms with Crippen LogP contribution in [0.1, 0.15) is 46.0 Å². The van der Waals surface area contributed by atoms with Gasteiger partial charge in [0.05, 0.1) is 41.7 Å². The van der Waals surface area contributed by atoms with E-state index in [1.165, 1.54) is 28.4 Å². The molecule has 0 heterocycles. The molecule has 0 saturated carbocycles. The molecule has 0 aliphatic heterocycles. The maximum atomic E-state index is 13.0. The van der Waals surface area contributed by atoms with E-state index in [1.54, 1.807) is 13.8 Å². The third-order valence-corrected chi connectivity index (χ3v) is 5.96. The van der Waals surface area contributed by atoms with E-state index in [4.69, 9.17) is 28.4 Å². The summed E-state index contributed by atoms with van der Waals surface area (Å²) in [7, 11) is 4.79. The minimum absolute atomic E-state index is 0.000802. The SMILES string of the molecule is CCOC(=O)C1=C(OC)C(=O)C(CCCCCC2=C(OC)C(=O)C(C(=O)OCC)=C(OC)C2=O)=C(OC)C1=O. The van der Waals surface area contributed by atoms with Gasteiger partial charge in [-0.3, -0.25) is 19.2 Å². The van der Waals surface area contributed by atoms with Crippen LogP contribution in [0, 0.1) is 0 Å². The molecular formula is C27H32O12. The van der Waals surface area contributed by atoms with Crippen molar-refractivity contribution in [1.29, 1.82) is 0 Å². The lowest BCUT2D eigenvalue weighted by molar-refractivity contribution is -0.142. The van der Waals surface area contributed by atoms with E-state index in [1.807, 2.05) is 0 Å². The van der Waals surface area contributed by atoms with Crippen molar-refractivity contribution in [3.63, 3.8) is 0 Å². The summed E-state index contributed by atoms with van der Waals surface area (Å²) >= 11 is 0. The van der Waals surface area contributed by atoms with Crippen LogP contribution in [-0.4, -0.2) is 76.7 Å². The highest BCUT2D eigenvalue weighted by Crippen LogP contribution is 2.32. The van der Waals surface area contributed by atoms with Crippen LogP contribution in [0.3, 0.4) is 0 Å². The van der Waals surface area contributed by atoms with Gasteiger partial charge in [0.25, 0.3) is 0 Å². The van der Waals surface area contributed by atoms with Gasteiger partial charge in [-0.1, -0.05) is 6.42 Å². The van der Waals surface area contributed by atoms with E-state index in [0.717, 1.165) is 0 Å². The fourth-order valence-corrected chi connectivity index (χ4v) is 4.25. The fraction of sp³-hybridized carbons (Fsp3) is 0.481. The molecule has 0 aromatic carbocycles. The molecule has 0 aromatic rings. The Morgan fingerprint density at radius 3 is 1.13 bits per heavy atom. The summed E-state index contributed by atoms with van der Waals surface area (Å²) < 4.78 is 30.2. The molecule has 0 radical (unpaired) electrons. The first kappa shape index (κ1) is 31.0. The van der Waals surface area contributed by atoms with Crippen LogP contribution in [0.2, 0.25) is 0 Å². The van der Waals surface area contributed by atoms with Gasteiger partial charge in [-0.25, -0.2) is 9.59 Å². The molecule has 0 amide bonds. The summed E-state index contributed by atoms with van der Waals surface area (Å²) in [6.45, 7) is 3.13. The molecule has 2 rings (SSSR count). The highest BCUT2D eigenvalue weighted by molar-refractivity contribution is 6.34. The number of ether oxygens (including phenoxy) is 6. The Balaban J connectivity index is 2.16. The summed E-state index contributed by atoms with van der Waals surface area (Å²) in [5, 5.41) is 0. The molecule has 12 nitrogen and oxygen atoms in total. The molecular weight excluding hydrogens is 516 g/mol. The number of hydrogen-bond donors (Lipinski definition) is 0. The predicted molar refractivity (Wildman–Crippen MR) is 133 cm³/mol. The van der Waals surface area contributed by atoms with Crippen molar-refractivity contribution in [1.82, 2.24) is 0 Å². The second kappa shape index (κ2) is 14.1. The van der Waals surface area contributed by atoms with E-state index < -0.39 is 57.7 Å². The first-order chi connectivity index (χ1) is 18.6. The standard InChI is InChI=1S/C27H32O12/c1-7-38-26(32)16-20(30)22(34-3)14(18(28)24(16)36-5)12-10-9-11-13-15-19(29)25(37-6)17(27(33)39-8-2)21(31)23(15)35-4/h7-13H2,1-6H3. The molecule has 2 aliphatic rings. The van der Waals surface area contributed by atoms with Gasteiger partial charge in [0.15, 0.2) is 34.2 Å². The normalized spacial score (nSPS) is 16.2. The average Bonchev–Trinajstić information content (AvgIpc) is 2.91. The molecule has 0 aromatic heterocycles. The zero-order valence-corrected chi connectivity index (χ0v) is 22.8. The Labute approximate surface area is 225 Å². The number of unbranched alkanes of at least 4 members (excludes halogenated alkanes) is 2. The van der Waals surface area contributed by atoms with E-state index >= 15 is 0 Å². The molecule has 0 N–H and O–H groups in total. The molecule has 0 fully saturated rings. The molecule has 0 bridgehead atoms. The number of rotatable bonds is 14. The van der Waals surface area contributed by atoms with Crippen LogP contribution >= 0.6 is 0 Å². The predicted octanol–water partition coefficient (Wildman–Crippen LogP) is 1.97. The van der Waals surface area contributed by atoms with Crippen molar-refractivity contribution < 1.29 is 57.2 Å². The number of allylic oxidation sites excluding steroid dienone is 4. The highest BCUT2D eigenvalue weighted by atomic mass is 16.5. The summed E-state index contributed by atoms with van der Waals surface area (Å²) in [6.07, 6.45) is 1.50. The number of esters is 2. The van der Waals surface area contributed by atoms with Crippen LogP contribution in [0.5, 0.6) is 0 Å². The van der Waals surface area contributed by atoms with Gasteiger partial charge >= 0.3 is 11.9 Å². The number of methoxy groups -OCH3 is 4. The van der Waals surface area contributed by atoms with Crippen molar-refractivity contribution in [3.8, 4) is 0 Å². The maximum absolute atomic E-state index is 13.0. The zero-order valence-electron chi connectivity index (χ0n) is 22.8. The molecule has 0 atom stereocenters. The highest BCUT2D eigenvalue weighted by Gasteiger charge is 2.42. The maximum Gasteiger partial charge on any atom is 0.346 e. The van der Waals surface area contributed by atoms with Gasteiger partial charge in [0.2, 0.25) is 23.1 Å². The van der Waals surface area contributed by atoms with E-state index in [2.05, 4.69) is 0 Å². The Hall–Kier alpha value is -4.22. The number of carbonyl (C=O) groups excluding carboxylic acids is 6. The largest absolute Gasteiger partial charge is 0.492 e. The number of carbonyl (C=O) groups is 6. The first-order valence-electron chi connectivity index (χ1n) is 12.3. The van der Waals surface area contributed by atoms with Crippen LogP contribution in [0.4, 0.5) is 0 Å². The Kier molecular flexibility index (Phi) is 11.2. The van der Waals surface area contributed by atoms with Crippen LogP contribution in [0.15, 0.2) is 45.3 Å². The number of ketones is 4. The Bertz CT molecular complexity index is 1100. The molecule has 2 aliphatic carbocycles. The van der Waals surface area contributed by atoms with Crippen molar-refractivity contribution in [2.24, 2.45) is 0 Å². The third kappa shape index (κ3) is 6.27. The lowest BCUT2D eigenvalue weighted by Gasteiger charge is -2.22. The van der Waals surface area contributed by atoms with E-state index in [-0.39, 0.29) is 48.7 Å². The zero-order chi connectivity index (χ0) is 29.3. The van der Waals surface area contributed by atoms with Crippen molar-refractivity contribution >= 4 is 35.1 Å². The molecule has 0 unspecified atom stereocenters. The fourth-order valence-electron chi connectivity index (χ4n) is 4.25. The smallest absolute Gasteiger partial charge is 0.346 e. The van der Waals surface area contributed by atoms with Crippen LogP contribution < -0.4 is 0 Å². The summed E-state index contributed by atoms with van der Waals surface area (Å²) in [5.41, 5.74) is -0.934. The van der Waals surface area contributed by atoms with Gasteiger partial charge in [0, 0.05) is 11.1 Å². The van der Waals surface area contributed by atoms with Gasteiger partial charge < -0.3 is 28.4 Å². The summed E-state index contributed by atoms with van der Waals surface area (Å²) in [6, 6.07) is 0. The lowest BCUT2D eigenvalue weighted by atomic mass is 9.88. The van der Waals surface area contributed by atoms with E-state index in [9.17, 15) is 28.8 Å². The minimum Gasteiger partial charge on any atom is -0.492 e. The third-order valence-electron chi connectivity index (χ3n) is 5.96. The Morgan fingerprint density at radius 2 is 0.846 bits per heavy atom. The molecule has 39 heavy (non-hydrogen) atoms. The summed E-state index contributed by atoms with van der Waals surface area (Å²) in [4.78, 5) is 76.3. The van der Waals surface area contributed by atoms with Crippen molar-refractivity contribution in [2.75, 3.05) is 41.7 Å². The van der Waals surface area contributed by atoms with Crippen LogP contribution in [-0.2, 0) is 57.2 Å². The van der Waals surface area contributed by atoms with E-state index in [0.29, 0.717) is 19.3 Å². The number of Topliss-reactive ketones (excluding diaryl/α,β-unsaturated/α-hetero) is 4. The first-order valence-corrected chi connectivity index (χ1v) is 12.3. The monoisotopic (exact) mass is 548 g/mol. The van der Waals surface area contributed by atoms with Gasteiger partial charge in [-0.2, -0.15) is 0 Å². The van der Waals surface area contributed by atoms with Gasteiger partial charge in [0.1, 0.15) is 0 Å².